The van der Waals surface area contributed by atoms with Gasteiger partial charge in [-0.3, -0.25) is 0 Å². The van der Waals surface area contributed by atoms with E-state index in [1.54, 1.807) is 0 Å². The Bertz CT molecular complexity index is 1350. The van der Waals surface area contributed by atoms with Gasteiger partial charge in [0, 0.05) is 11.6 Å². The summed E-state index contributed by atoms with van der Waals surface area (Å²) in [6, 6.07) is 15.7. The van der Waals surface area contributed by atoms with Crippen molar-refractivity contribution < 1.29 is 9.30 Å². The number of benzene rings is 3. The van der Waals surface area contributed by atoms with Crippen LogP contribution in [0.25, 0.3) is 32.8 Å². The van der Waals surface area contributed by atoms with Crippen LogP contribution in [0.4, 0.5) is 0 Å². The summed E-state index contributed by atoms with van der Waals surface area (Å²) in [7, 11) is 0.683. The number of hydrogen-bond donors (Lipinski definition) is 0. The predicted molar refractivity (Wildman–Crippen MR) is 130 cm³/mol. The van der Waals surface area contributed by atoms with Crippen molar-refractivity contribution in [2.24, 2.45) is 7.05 Å². The van der Waals surface area contributed by atoms with Crippen LogP contribution >= 0.6 is 0 Å². The molecule has 1 aliphatic rings. The van der Waals surface area contributed by atoms with Gasteiger partial charge in [-0.2, -0.15) is 0 Å². The SMILES string of the molecule is Cc1c2c(c(C(C)C)c3ccccc13)Oc1cc([Si](C)(C)C)cc3cc[n+](C)c-2c13. The van der Waals surface area contributed by atoms with Gasteiger partial charge in [-0.1, -0.05) is 69.0 Å². The zero-order valence-corrected chi connectivity index (χ0v) is 20.1. The summed E-state index contributed by atoms with van der Waals surface area (Å²) in [6.07, 6.45) is 2.20. The number of rotatable bonds is 2. The monoisotopic (exact) mass is 412 g/mol. The molecule has 1 aromatic heterocycles. The minimum atomic E-state index is -1.47. The fraction of sp³-hybridized carbons (Fsp3) is 0.296. The zero-order chi connectivity index (χ0) is 21.4. The average Bonchev–Trinajstić information content (AvgIpc) is 2.69. The van der Waals surface area contributed by atoms with Crippen LogP contribution in [0.5, 0.6) is 11.5 Å². The molecule has 2 nitrogen and oxygen atoms in total. The van der Waals surface area contributed by atoms with Gasteiger partial charge in [0.05, 0.1) is 19.0 Å². The molecule has 152 valence electrons. The van der Waals surface area contributed by atoms with Crippen LogP contribution in [-0.4, -0.2) is 8.07 Å². The molecule has 2 heterocycles. The molecule has 0 unspecified atom stereocenters. The molecule has 3 aromatic carbocycles. The van der Waals surface area contributed by atoms with E-state index in [0.29, 0.717) is 5.92 Å². The van der Waals surface area contributed by atoms with Crippen molar-refractivity contribution in [3.05, 3.63) is 59.8 Å². The fourth-order valence-electron chi connectivity index (χ4n) is 4.96. The molecule has 30 heavy (non-hydrogen) atoms. The van der Waals surface area contributed by atoms with Gasteiger partial charge in [0.1, 0.15) is 18.5 Å². The van der Waals surface area contributed by atoms with E-state index in [4.69, 9.17) is 4.74 Å². The Morgan fingerprint density at radius 3 is 2.33 bits per heavy atom. The van der Waals surface area contributed by atoms with Gasteiger partial charge in [-0.25, -0.2) is 4.57 Å². The first-order valence-electron chi connectivity index (χ1n) is 10.9. The highest BCUT2D eigenvalue weighted by molar-refractivity contribution is 6.88. The van der Waals surface area contributed by atoms with Crippen LogP contribution in [0, 0.1) is 6.92 Å². The lowest BCUT2D eigenvalue weighted by Gasteiger charge is -2.28. The second-order valence-corrected chi connectivity index (χ2v) is 15.1. The Balaban J connectivity index is 1.99. The number of aromatic nitrogens is 1. The summed E-state index contributed by atoms with van der Waals surface area (Å²) >= 11 is 0. The van der Waals surface area contributed by atoms with Crippen LogP contribution < -0.4 is 14.5 Å². The third kappa shape index (κ3) is 2.65. The molecule has 0 bridgehead atoms. The Morgan fingerprint density at radius 1 is 0.967 bits per heavy atom. The summed E-state index contributed by atoms with van der Waals surface area (Å²) in [4.78, 5) is 0. The Kier molecular flexibility index (Phi) is 4.13. The number of nitrogens with zero attached hydrogens (tertiary/aromatic N) is 1. The summed E-state index contributed by atoms with van der Waals surface area (Å²) in [5.41, 5.74) is 5.13. The number of fused-ring (bicyclic) bond motifs is 3. The molecule has 0 spiro atoms. The average molecular weight is 413 g/mol. The molecule has 0 radical (unpaired) electrons. The van der Waals surface area contributed by atoms with Crippen LogP contribution in [0.2, 0.25) is 19.6 Å². The molecule has 0 saturated carbocycles. The van der Waals surface area contributed by atoms with Gasteiger partial charge < -0.3 is 4.74 Å². The van der Waals surface area contributed by atoms with Crippen LogP contribution in [0.3, 0.4) is 0 Å². The Morgan fingerprint density at radius 2 is 1.67 bits per heavy atom. The molecule has 0 N–H and O–H groups in total. The molecule has 0 saturated heterocycles. The minimum Gasteiger partial charge on any atom is -0.455 e. The van der Waals surface area contributed by atoms with E-state index in [0.717, 1.165) is 11.5 Å². The van der Waals surface area contributed by atoms with E-state index in [9.17, 15) is 0 Å². The van der Waals surface area contributed by atoms with E-state index in [-0.39, 0.29) is 0 Å². The molecular weight excluding hydrogens is 382 g/mol. The van der Waals surface area contributed by atoms with E-state index in [1.807, 2.05) is 0 Å². The summed E-state index contributed by atoms with van der Waals surface area (Å²) in [5.74, 6) is 2.43. The Labute approximate surface area is 180 Å². The lowest BCUT2D eigenvalue weighted by Crippen LogP contribution is -2.38. The quantitative estimate of drug-likeness (QED) is 0.236. The predicted octanol–water partition coefficient (Wildman–Crippen LogP) is 6.57. The Hall–Kier alpha value is -2.65. The van der Waals surface area contributed by atoms with Gasteiger partial charge in [-0.05, 0) is 40.6 Å². The molecule has 3 heteroatoms. The smallest absolute Gasteiger partial charge is 0.228 e. The van der Waals surface area contributed by atoms with Crippen molar-refractivity contribution in [2.75, 3.05) is 0 Å². The minimum absolute atomic E-state index is 0.371. The molecule has 5 rings (SSSR count). The first-order valence-corrected chi connectivity index (χ1v) is 14.4. The van der Waals surface area contributed by atoms with Gasteiger partial charge >= 0.3 is 0 Å². The second-order valence-electron chi connectivity index (χ2n) is 10.0. The maximum atomic E-state index is 6.83. The van der Waals surface area contributed by atoms with Gasteiger partial charge in [0.15, 0.2) is 6.20 Å². The standard InChI is InChI=1S/C27H30NOSi/c1-16(2)23-21-11-9-8-10-20(21)17(3)24-26-25-18(12-13-28(26)4)14-19(30(5,6)7)15-22(25)29-27(23)24/h8-16H,1-7H3/q+1. The first kappa shape index (κ1) is 19.3. The van der Waals surface area contributed by atoms with Gasteiger partial charge in [0.25, 0.3) is 0 Å². The van der Waals surface area contributed by atoms with Crippen molar-refractivity contribution in [2.45, 2.75) is 46.3 Å². The van der Waals surface area contributed by atoms with Crippen molar-refractivity contribution >= 4 is 34.8 Å². The second kappa shape index (κ2) is 6.42. The topological polar surface area (TPSA) is 13.1 Å². The van der Waals surface area contributed by atoms with E-state index >= 15 is 0 Å². The lowest BCUT2D eigenvalue weighted by molar-refractivity contribution is -0.659. The third-order valence-electron chi connectivity index (χ3n) is 6.56. The zero-order valence-electron chi connectivity index (χ0n) is 19.1. The van der Waals surface area contributed by atoms with Crippen molar-refractivity contribution in [3.63, 3.8) is 0 Å². The summed E-state index contributed by atoms with van der Waals surface area (Å²) in [5, 5.41) is 6.59. The molecular formula is C27H30NOSi+. The number of hydrogen-bond acceptors (Lipinski definition) is 1. The van der Waals surface area contributed by atoms with Crippen molar-refractivity contribution in [1.29, 1.82) is 0 Å². The summed E-state index contributed by atoms with van der Waals surface area (Å²) in [6.45, 7) is 14.0. The number of aryl methyl sites for hydroxylation is 2. The van der Waals surface area contributed by atoms with Gasteiger partial charge in [-0.15, -0.1) is 0 Å². The first-order chi connectivity index (χ1) is 14.2. The van der Waals surface area contributed by atoms with Crippen molar-refractivity contribution in [1.82, 2.24) is 0 Å². The van der Waals surface area contributed by atoms with Crippen LogP contribution in [0.1, 0.15) is 30.9 Å². The summed E-state index contributed by atoms with van der Waals surface area (Å²) < 4.78 is 9.10. The molecule has 0 aliphatic carbocycles. The molecule has 0 fully saturated rings. The maximum Gasteiger partial charge on any atom is 0.228 e. The normalized spacial score (nSPS) is 13.1. The highest BCUT2D eigenvalue weighted by Gasteiger charge is 2.34. The van der Waals surface area contributed by atoms with E-state index < -0.39 is 8.07 Å². The highest BCUT2D eigenvalue weighted by Crippen LogP contribution is 2.51. The lowest BCUT2D eigenvalue weighted by atomic mass is 9.85. The molecule has 0 amide bonds. The van der Waals surface area contributed by atoms with Crippen LogP contribution in [-0.2, 0) is 7.05 Å². The fourth-order valence-corrected chi connectivity index (χ4v) is 6.11. The highest BCUT2D eigenvalue weighted by atomic mass is 28.3. The van der Waals surface area contributed by atoms with Crippen molar-refractivity contribution in [3.8, 4) is 22.8 Å². The number of pyridine rings is 1. The molecule has 4 aromatic rings. The third-order valence-corrected chi connectivity index (χ3v) is 8.58. The van der Waals surface area contributed by atoms with Gasteiger partial charge in [0.2, 0.25) is 5.69 Å². The van der Waals surface area contributed by atoms with E-state index in [1.165, 1.54) is 49.1 Å². The maximum absolute atomic E-state index is 6.83. The molecule has 0 atom stereocenters. The molecule has 1 aliphatic heterocycles. The largest absolute Gasteiger partial charge is 0.455 e. The van der Waals surface area contributed by atoms with E-state index in [2.05, 4.69) is 101 Å². The van der Waals surface area contributed by atoms with Crippen LogP contribution in [0.15, 0.2) is 48.7 Å². The number of ether oxygens (including phenoxy) is 1.